The topological polar surface area (TPSA) is 101 Å². The molecule has 0 saturated carbocycles. The van der Waals surface area contributed by atoms with Crippen molar-refractivity contribution in [1.82, 2.24) is 5.32 Å². The first-order chi connectivity index (χ1) is 7.68. The monoisotopic (exact) mass is 231 g/mol. The van der Waals surface area contributed by atoms with E-state index in [2.05, 4.69) is 5.32 Å². The maximum atomic E-state index is 10.4. The Morgan fingerprint density at radius 3 is 2.38 bits per heavy atom. The molecule has 96 valence electrons. The van der Waals surface area contributed by atoms with Gasteiger partial charge in [0.15, 0.2) is 0 Å². The normalized spacial score (nSPS) is 12.6. The van der Waals surface area contributed by atoms with Crippen molar-refractivity contribution in [3.05, 3.63) is 0 Å². The average Bonchev–Trinajstić information content (AvgIpc) is 2.26. The third kappa shape index (κ3) is 9.89. The summed E-state index contributed by atoms with van der Waals surface area (Å²) in [7, 11) is 0. The van der Waals surface area contributed by atoms with E-state index >= 15 is 0 Å². The number of aliphatic carboxylic acids is 1. The van der Waals surface area contributed by atoms with Crippen molar-refractivity contribution in [2.45, 2.75) is 44.6 Å². The lowest BCUT2D eigenvalue weighted by Gasteiger charge is -2.07. The number of nitrogens with two attached hydrogens (primary N) is 2. The van der Waals surface area contributed by atoms with E-state index in [-0.39, 0.29) is 0 Å². The Bertz CT molecular complexity index is 177. The van der Waals surface area contributed by atoms with Crippen LogP contribution in [-0.2, 0) is 4.79 Å². The summed E-state index contributed by atoms with van der Waals surface area (Å²) in [6, 6.07) is -0.716. The summed E-state index contributed by atoms with van der Waals surface area (Å²) in [5, 5.41) is 11.8. The molecule has 0 spiro atoms. The molecule has 0 aliphatic carbocycles. The van der Waals surface area contributed by atoms with E-state index in [4.69, 9.17) is 16.6 Å². The molecule has 0 fully saturated rings. The standard InChI is InChI=1S/C11H25N3O2/c12-7-3-1-2-4-8-14-9-5-6-10(13)11(15)16/h10,14H,1-9,12-13H2,(H,15,16). The summed E-state index contributed by atoms with van der Waals surface area (Å²) >= 11 is 0. The smallest absolute Gasteiger partial charge is 0.320 e. The number of hydrogen-bond acceptors (Lipinski definition) is 4. The minimum Gasteiger partial charge on any atom is -0.480 e. The minimum atomic E-state index is -0.915. The zero-order chi connectivity index (χ0) is 12.2. The molecular weight excluding hydrogens is 206 g/mol. The molecule has 0 rings (SSSR count). The second-order valence-corrected chi connectivity index (χ2v) is 4.04. The van der Waals surface area contributed by atoms with Crippen LogP contribution in [0.1, 0.15) is 38.5 Å². The molecule has 0 saturated heterocycles. The number of hydrogen-bond donors (Lipinski definition) is 4. The lowest BCUT2D eigenvalue weighted by Crippen LogP contribution is -2.31. The first kappa shape index (κ1) is 15.3. The molecule has 0 bridgehead atoms. The third-order valence-corrected chi connectivity index (χ3v) is 2.49. The quantitative estimate of drug-likeness (QED) is 0.383. The molecule has 0 aliphatic rings. The van der Waals surface area contributed by atoms with Gasteiger partial charge in [0.25, 0.3) is 0 Å². The van der Waals surface area contributed by atoms with Gasteiger partial charge in [0.05, 0.1) is 0 Å². The summed E-state index contributed by atoms with van der Waals surface area (Å²) < 4.78 is 0. The van der Waals surface area contributed by atoms with E-state index in [1.807, 2.05) is 0 Å². The van der Waals surface area contributed by atoms with E-state index in [9.17, 15) is 4.79 Å². The number of carboxylic acid groups (broad SMARTS) is 1. The molecule has 5 heteroatoms. The first-order valence-electron chi connectivity index (χ1n) is 6.07. The number of nitrogens with one attached hydrogen (secondary N) is 1. The minimum absolute atomic E-state index is 0.537. The van der Waals surface area contributed by atoms with Gasteiger partial charge in [-0.3, -0.25) is 4.79 Å². The first-order valence-corrected chi connectivity index (χ1v) is 6.07. The van der Waals surface area contributed by atoms with Crippen molar-refractivity contribution >= 4 is 5.97 Å². The molecule has 6 N–H and O–H groups in total. The van der Waals surface area contributed by atoms with Gasteiger partial charge in [-0.05, 0) is 45.3 Å². The maximum Gasteiger partial charge on any atom is 0.320 e. The summed E-state index contributed by atoms with van der Waals surface area (Å²) in [5.41, 5.74) is 10.8. The van der Waals surface area contributed by atoms with Crippen molar-refractivity contribution in [3.8, 4) is 0 Å². The summed E-state index contributed by atoms with van der Waals surface area (Å²) in [6.07, 6.45) is 6.02. The SMILES string of the molecule is NCCCCCCNCCCC(N)C(=O)O. The van der Waals surface area contributed by atoms with Crippen molar-refractivity contribution in [2.75, 3.05) is 19.6 Å². The largest absolute Gasteiger partial charge is 0.480 e. The molecule has 1 atom stereocenters. The van der Waals surface area contributed by atoms with Crippen LogP contribution in [0.3, 0.4) is 0 Å². The number of unbranched alkanes of at least 4 members (excludes halogenated alkanes) is 3. The highest BCUT2D eigenvalue weighted by molar-refractivity contribution is 5.72. The van der Waals surface area contributed by atoms with E-state index in [1.54, 1.807) is 0 Å². The van der Waals surface area contributed by atoms with Crippen molar-refractivity contribution in [2.24, 2.45) is 11.5 Å². The van der Waals surface area contributed by atoms with Gasteiger partial charge in [-0.2, -0.15) is 0 Å². The van der Waals surface area contributed by atoms with Gasteiger partial charge in [-0.1, -0.05) is 12.8 Å². The van der Waals surface area contributed by atoms with Crippen LogP contribution < -0.4 is 16.8 Å². The van der Waals surface area contributed by atoms with Gasteiger partial charge < -0.3 is 21.9 Å². The van der Waals surface area contributed by atoms with Crippen LogP contribution in [0.4, 0.5) is 0 Å². The van der Waals surface area contributed by atoms with Crippen LogP contribution in [-0.4, -0.2) is 36.8 Å². The number of carbonyl (C=O) groups is 1. The molecule has 0 aromatic rings. The van der Waals surface area contributed by atoms with Gasteiger partial charge in [0.2, 0.25) is 0 Å². The predicted molar refractivity (Wildman–Crippen MR) is 65.2 cm³/mol. The lowest BCUT2D eigenvalue weighted by molar-refractivity contribution is -0.138. The molecule has 0 aliphatic heterocycles. The third-order valence-electron chi connectivity index (χ3n) is 2.49. The summed E-state index contributed by atoms with van der Waals surface area (Å²) in [6.45, 7) is 2.62. The highest BCUT2D eigenvalue weighted by Gasteiger charge is 2.09. The second kappa shape index (κ2) is 10.9. The number of rotatable bonds is 11. The van der Waals surface area contributed by atoms with Crippen LogP contribution in [0.2, 0.25) is 0 Å². The van der Waals surface area contributed by atoms with E-state index in [0.717, 1.165) is 38.9 Å². The predicted octanol–water partition coefficient (Wildman–Crippen LogP) is 0.287. The van der Waals surface area contributed by atoms with Gasteiger partial charge in [-0.25, -0.2) is 0 Å². The fourth-order valence-electron chi connectivity index (χ4n) is 1.44. The second-order valence-electron chi connectivity index (χ2n) is 4.04. The molecule has 0 radical (unpaired) electrons. The van der Waals surface area contributed by atoms with Crippen LogP contribution >= 0.6 is 0 Å². The summed E-state index contributed by atoms with van der Waals surface area (Å²) in [5.74, 6) is -0.915. The molecule has 0 heterocycles. The van der Waals surface area contributed by atoms with Crippen molar-refractivity contribution in [1.29, 1.82) is 0 Å². The van der Waals surface area contributed by atoms with Gasteiger partial charge in [-0.15, -0.1) is 0 Å². The molecule has 0 aromatic heterocycles. The Labute approximate surface area is 97.6 Å². The number of carboxylic acids is 1. The molecule has 0 amide bonds. The van der Waals surface area contributed by atoms with Gasteiger partial charge >= 0.3 is 5.97 Å². The van der Waals surface area contributed by atoms with Gasteiger partial charge in [0.1, 0.15) is 6.04 Å². The fraction of sp³-hybridized carbons (Fsp3) is 0.909. The van der Waals surface area contributed by atoms with E-state index in [1.165, 1.54) is 12.8 Å². The zero-order valence-electron chi connectivity index (χ0n) is 9.95. The van der Waals surface area contributed by atoms with Crippen LogP contribution in [0, 0.1) is 0 Å². The average molecular weight is 231 g/mol. The van der Waals surface area contributed by atoms with Gasteiger partial charge in [0, 0.05) is 0 Å². The molecule has 16 heavy (non-hydrogen) atoms. The van der Waals surface area contributed by atoms with Crippen molar-refractivity contribution < 1.29 is 9.90 Å². The Balaban J connectivity index is 3.07. The highest BCUT2D eigenvalue weighted by atomic mass is 16.4. The Morgan fingerprint density at radius 2 is 1.75 bits per heavy atom. The maximum absolute atomic E-state index is 10.4. The van der Waals surface area contributed by atoms with E-state index in [0.29, 0.717) is 6.42 Å². The zero-order valence-corrected chi connectivity index (χ0v) is 9.95. The Hall–Kier alpha value is -0.650. The Morgan fingerprint density at radius 1 is 1.12 bits per heavy atom. The van der Waals surface area contributed by atoms with E-state index < -0.39 is 12.0 Å². The Kier molecular flexibility index (Phi) is 10.4. The summed E-state index contributed by atoms with van der Waals surface area (Å²) in [4.78, 5) is 10.4. The van der Waals surface area contributed by atoms with Crippen LogP contribution in [0.25, 0.3) is 0 Å². The van der Waals surface area contributed by atoms with Crippen LogP contribution in [0.5, 0.6) is 0 Å². The molecule has 5 nitrogen and oxygen atoms in total. The lowest BCUT2D eigenvalue weighted by atomic mass is 10.1. The molecule has 1 unspecified atom stereocenters. The van der Waals surface area contributed by atoms with Crippen molar-refractivity contribution in [3.63, 3.8) is 0 Å². The molecular formula is C11H25N3O2. The molecule has 0 aromatic carbocycles. The fourth-order valence-corrected chi connectivity index (χ4v) is 1.44. The highest BCUT2D eigenvalue weighted by Crippen LogP contribution is 1.97. The van der Waals surface area contributed by atoms with Crippen LogP contribution in [0.15, 0.2) is 0 Å².